The summed E-state index contributed by atoms with van der Waals surface area (Å²) in [7, 11) is 0. The monoisotopic (exact) mass is 250 g/mol. The summed E-state index contributed by atoms with van der Waals surface area (Å²) in [5, 5.41) is 7.65. The highest BCUT2D eigenvalue weighted by atomic mass is 16.1. The first-order valence-electron chi connectivity index (χ1n) is 6.49. The molecule has 0 aliphatic heterocycles. The van der Waals surface area contributed by atoms with E-state index in [4.69, 9.17) is 5.73 Å². The van der Waals surface area contributed by atoms with E-state index >= 15 is 0 Å². The summed E-state index contributed by atoms with van der Waals surface area (Å²) in [5.74, 6) is -0.287. The lowest BCUT2D eigenvalue weighted by Gasteiger charge is -2.30. The Balaban J connectivity index is 2.05. The normalized spacial score (nSPS) is 20.4. The maximum atomic E-state index is 11.7. The number of nitrogens with zero attached hydrogens (tertiary/aromatic N) is 2. The van der Waals surface area contributed by atoms with Crippen LogP contribution in [0.4, 0.5) is 0 Å². The van der Waals surface area contributed by atoms with Crippen LogP contribution in [0.25, 0.3) is 0 Å². The molecule has 2 rings (SSSR count). The highest BCUT2D eigenvalue weighted by Crippen LogP contribution is 2.27. The van der Waals surface area contributed by atoms with Crippen LogP contribution in [0.2, 0.25) is 0 Å². The Morgan fingerprint density at radius 1 is 1.72 bits per heavy atom. The van der Waals surface area contributed by atoms with Gasteiger partial charge in [0.15, 0.2) is 0 Å². The van der Waals surface area contributed by atoms with Gasteiger partial charge in [-0.2, -0.15) is 5.10 Å². The summed E-state index contributed by atoms with van der Waals surface area (Å²) in [6.45, 7) is 5.95. The molecule has 0 spiro atoms. The minimum atomic E-state index is -0.652. The molecular weight excluding hydrogens is 228 g/mol. The van der Waals surface area contributed by atoms with Gasteiger partial charge >= 0.3 is 0 Å². The summed E-state index contributed by atoms with van der Waals surface area (Å²) in [5.41, 5.74) is 6.02. The van der Waals surface area contributed by atoms with Crippen molar-refractivity contribution in [3.05, 3.63) is 18.0 Å². The number of primary amides is 1. The van der Waals surface area contributed by atoms with Crippen molar-refractivity contribution in [1.29, 1.82) is 0 Å². The van der Waals surface area contributed by atoms with Gasteiger partial charge in [-0.15, -0.1) is 0 Å². The molecule has 0 aromatic carbocycles. The van der Waals surface area contributed by atoms with Gasteiger partial charge in [-0.1, -0.05) is 0 Å². The summed E-state index contributed by atoms with van der Waals surface area (Å²) in [6, 6.07) is 0.594. The molecule has 1 heterocycles. The first-order valence-corrected chi connectivity index (χ1v) is 6.49. The Morgan fingerprint density at radius 2 is 2.39 bits per heavy atom. The van der Waals surface area contributed by atoms with Crippen molar-refractivity contribution in [3.8, 4) is 0 Å². The largest absolute Gasteiger partial charge is 0.368 e. The van der Waals surface area contributed by atoms with E-state index in [1.54, 1.807) is 0 Å². The fourth-order valence-electron chi connectivity index (χ4n) is 2.27. The van der Waals surface area contributed by atoms with E-state index in [9.17, 15) is 4.79 Å². The number of carbonyl (C=O) groups is 1. The molecule has 18 heavy (non-hydrogen) atoms. The molecule has 1 aromatic rings. The molecule has 0 radical (unpaired) electrons. The average Bonchev–Trinajstić information content (AvgIpc) is 2.97. The second-order valence-corrected chi connectivity index (χ2v) is 5.67. The molecular formula is C13H22N4O. The topological polar surface area (TPSA) is 72.9 Å². The molecule has 1 aliphatic rings. The molecule has 100 valence electrons. The van der Waals surface area contributed by atoms with Crippen molar-refractivity contribution in [2.24, 2.45) is 5.73 Å². The molecule has 1 aliphatic carbocycles. The third kappa shape index (κ3) is 2.90. The fourth-order valence-corrected chi connectivity index (χ4v) is 2.27. The summed E-state index contributed by atoms with van der Waals surface area (Å²) < 4.78 is 1.89. The van der Waals surface area contributed by atoms with Crippen LogP contribution < -0.4 is 11.1 Å². The van der Waals surface area contributed by atoms with Crippen LogP contribution in [0.15, 0.2) is 12.4 Å². The Bertz CT molecular complexity index is 438. The maximum Gasteiger partial charge on any atom is 0.237 e. The van der Waals surface area contributed by atoms with Gasteiger partial charge in [0.25, 0.3) is 0 Å². The molecule has 3 N–H and O–H groups in total. The van der Waals surface area contributed by atoms with Gasteiger partial charge in [-0.05, 0) is 45.6 Å². The first-order chi connectivity index (χ1) is 8.40. The van der Waals surface area contributed by atoms with E-state index in [0.29, 0.717) is 12.5 Å². The van der Waals surface area contributed by atoms with Crippen LogP contribution in [0.1, 0.15) is 44.7 Å². The predicted octanol–water partition coefficient (Wildman–Crippen LogP) is 1.14. The third-order valence-corrected chi connectivity index (χ3v) is 3.53. The second kappa shape index (κ2) is 4.72. The van der Waals surface area contributed by atoms with Gasteiger partial charge in [0.05, 0.1) is 17.8 Å². The van der Waals surface area contributed by atoms with E-state index in [1.165, 1.54) is 0 Å². The van der Waals surface area contributed by atoms with Crippen LogP contribution in [0, 0.1) is 6.92 Å². The van der Waals surface area contributed by atoms with E-state index in [0.717, 1.165) is 18.4 Å². The molecule has 2 unspecified atom stereocenters. The van der Waals surface area contributed by atoms with E-state index < -0.39 is 5.54 Å². The van der Waals surface area contributed by atoms with E-state index in [1.807, 2.05) is 30.9 Å². The van der Waals surface area contributed by atoms with Crippen LogP contribution >= 0.6 is 0 Å². The number of carbonyl (C=O) groups excluding carboxylic acids is 1. The summed E-state index contributed by atoms with van der Waals surface area (Å²) >= 11 is 0. The van der Waals surface area contributed by atoms with E-state index in [-0.39, 0.29) is 11.9 Å². The second-order valence-electron chi connectivity index (χ2n) is 5.67. The zero-order chi connectivity index (χ0) is 13.3. The number of hydrogen-bond acceptors (Lipinski definition) is 3. The Hall–Kier alpha value is -1.36. The molecule has 5 heteroatoms. The van der Waals surface area contributed by atoms with Gasteiger partial charge in [0.2, 0.25) is 5.91 Å². The zero-order valence-electron chi connectivity index (χ0n) is 11.3. The molecule has 0 saturated heterocycles. The predicted molar refractivity (Wildman–Crippen MR) is 70.0 cm³/mol. The maximum absolute atomic E-state index is 11.7. The number of amides is 1. The van der Waals surface area contributed by atoms with Crippen molar-refractivity contribution in [1.82, 2.24) is 15.1 Å². The van der Waals surface area contributed by atoms with E-state index in [2.05, 4.69) is 17.3 Å². The van der Waals surface area contributed by atoms with Gasteiger partial charge in [0.1, 0.15) is 0 Å². The Morgan fingerprint density at radius 3 is 2.83 bits per heavy atom. The number of nitrogens with two attached hydrogens (primary N) is 1. The molecule has 0 bridgehead atoms. The van der Waals surface area contributed by atoms with Gasteiger partial charge in [-0.25, -0.2) is 0 Å². The molecule has 2 atom stereocenters. The van der Waals surface area contributed by atoms with Gasteiger partial charge < -0.3 is 11.1 Å². The third-order valence-electron chi connectivity index (χ3n) is 3.53. The molecule has 1 saturated carbocycles. The molecule has 5 nitrogen and oxygen atoms in total. The van der Waals surface area contributed by atoms with Crippen LogP contribution in [0.5, 0.6) is 0 Å². The molecule has 1 aromatic heterocycles. The van der Waals surface area contributed by atoms with Crippen molar-refractivity contribution in [3.63, 3.8) is 0 Å². The minimum absolute atomic E-state index is 0.141. The first kappa shape index (κ1) is 13.1. The SMILES string of the molecule is Cc1cnn(C(C)CC(C)(NC2CC2)C(N)=O)c1. The number of aryl methyl sites for hydroxylation is 1. The molecule has 1 fully saturated rings. The standard InChI is InChI=1S/C13H22N4O/c1-9-7-15-17(8-9)10(2)6-13(3,12(14)18)16-11-4-5-11/h7-8,10-11,16H,4-6H2,1-3H3,(H2,14,18). The fraction of sp³-hybridized carbons (Fsp3) is 0.692. The van der Waals surface area contributed by atoms with Crippen LogP contribution in [0.3, 0.4) is 0 Å². The van der Waals surface area contributed by atoms with Gasteiger partial charge in [-0.3, -0.25) is 9.48 Å². The Labute approximate surface area is 108 Å². The van der Waals surface area contributed by atoms with Crippen molar-refractivity contribution in [2.45, 2.75) is 57.7 Å². The smallest absolute Gasteiger partial charge is 0.237 e. The number of aromatic nitrogens is 2. The van der Waals surface area contributed by atoms with Crippen molar-refractivity contribution >= 4 is 5.91 Å². The average molecular weight is 250 g/mol. The van der Waals surface area contributed by atoms with Gasteiger partial charge in [0, 0.05) is 12.2 Å². The lowest BCUT2D eigenvalue weighted by Crippen LogP contribution is -2.55. The zero-order valence-corrected chi connectivity index (χ0v) is 11.3. The Kier molecular flexibility index (Phi) is 3.43. The molecule has 1 amide bonds. The minimum Gasteiger partial charge on any atom is -0.368 e. The van der Waals surface area contributed by atoms with Crippen LogP contribution in [-0.4, -0.2) is 27.3 Å². The van der Waals surface area contributed by atoms with Crippen molar-refractivity contribution in [2.75, 3.05) is 0 Å². The highest BCUT2D eigenvalue weighted by molar-refractivity contribution is 5.84. The number of hydrogen-bond donors (Lipinski definition) is 2. The lowest BCUT2D eigenvalue weighted by molar-refractivity contribution is -0.124. The highest BCUT2D eigenvalue weighted by Gasteiger charge is 2.38. The van der Waals surface area contributed by atoms with Crippen molar-refractivity contribution < 1.29 is 4.79 Å². The lowest BCUT2D eigenvalue weighted by atomic mass is 9.92. The number of rotatable bonds is 6. The number of nitrogens with one attached hydrogen (secondary N) is 1. The summed E-state index contributed by atoms with van der Waals surface area (Å²) in [6.07, 6.45) is 6.74. The van der Waals surface area contributed by atoms with Crippen LogP contribution in [-0.2, 0) is 4.79 Å². The quantitative estimate of drug-likeness (QED) is 0.795. The summed E-state index contributed by atoms with van der Waals surface area (Å²) in [4.78, 5) is 11.7.